The van der Waals surface area contributed by atoms with Crippen molar-refractivity contribution in [2.24, 2.45) is 0 Å². The molecule has 0 aliphatic carbocycles. The van der Waals surface area contributed by atoms with Gasteiger partial charge in [-0.3, -0.25) is 4.90 Å². The van der Waals surface area contributed by atoms with E-state index in [0.29, 0.717) is 6.04 Å². The highest BCUT2D eigenvalue weighted by Gasteiger charge is 2.19. The quantitative estimate of drug-likeness (QED) is 0.740. The molecule has 1 atom stereocenters. The molecular formula is C18H20N4. The van der Waals surface area contributed by atoms with Crippen LogP contribution >= 0.6 is 0 Å². The second-order valence-corrected chi connectivity index (χ2v) is 5.99. The largest absolute Gasteiger partial charge is 0.297 e. The van der Waals surface area contributed by atoms with E-state index in [-0.39, 0.29) is 0 Å². The average molecular weight is 292 g/mol. The molecule has 2 aromatic heterocycles. The first-order valence-corrected chi connectivity index (χ1v) is 7.96. The Labute approximate surface area is 130 Å². The normalized spacial score (nSPS) is 17.1. The highest BCUT2D eigenvalue weighted by Crippen LogP contribution is 2.28. The van der Waals surface area contributed by atoms with Gasteiger partial charge in [0.05, 0.1) is 6.20 Å². The molecule has 22 heavy (non-hydrogen) atoms. The van der Waals surface area contributed by atoms with Crippen LogP contribution in [0.3, 0.4) is 0 Å². The van der Waals surface area contributed by atoms with Gasteiger partial charge in [0.1, 0.15) is 0 Å². The SMILES string of the molecule is CC(c1ccc(-c2cnn3cccnc23)cc1)N1CCCC1. The summed E-state index contributed by atoms with van der Waals surface area (Å²) >= 11 is 0. The first-order chi connectivity index (χ1) is 10.8. The molecule has 4 rings (SSSR count). The topological polar surface area (TPSA) is 33.4 Å². The Morgan fingerprint density at radius 2 is 1.86 bits per heavy atom. The first-order valence-electron chi connectivity index (χ1n) is 7.96. The molecule has 0 N–H and O–H groups in total. The van der Waals surface area contributed by atoms with Crippen LogP contribution in [0.2, 0.25) is 0 Å². The summed E-state index contributed by atoms with van der Waals surface area (Å²) in [4.78, 5) is 6.99. The maximum Gasteiger partial charge on any atom is 0.162 e. The van der Waals surface area contributed by atoms with Gasteiger partial charge in [-0.05, 0) is 50.0 Å². The van der Waals surface area contributed by atoms with E-state index >= 15 is 0 Å². The second-order valence-electron chi connectivity index (χ2n) is 5.99. The predicted octanol–water partition coefficient (Wildman–Crippen LogP) is 3.55. The molecule has 1 fully saturated rings. The van der Waals surface area contributed by atoms with Crippen molar-refractivity contribution in [3.05, 3.63) is 54.5 Å². The van der Waals surface area contributed by atoms with E-state index in [1.165, 1.54) is 37.1 Å². The monoisotopic (exact) mass is 292 g/mol. The van der Waals surface area contributed by atoms with Gasteiger partial charge in [0.15, 0.2) is 5.65 Å². The van der Waals surface area contributed by atoms with Crippen LogP contribution in [-0.4, -0.2) is 32.6 Å². The lowest BCUT2D eigenvalue weighted by molar-refractivity contribution is 0.263. The fourth-order valence-corrected chi connectivity index (χ4v) is 3.31. The molecule has 3 aromatic rings. The number of likely N-dealkylation sites (tertiary alicyclic amines) is 1. The van der Waals surface area contributed by atoms with Crippen molar-refractivity contribution in [2.45, 2.75) is 25.8 Å². The van der Waals surface area contributed by atoms with Crippen LogP contribution in [0.5, 0.6) is 0 Å². The van der Waals surface area contributed by atoms with E-state index in [0.717, 1.165) is 11.2 Å². The van der Waals surface area contributed by atoms with Crippen LogP contribution in [0.1, 0.15) is 31.4 Å². The van der Waals surface area contributed by atoms with Gasteiger partial charge in [-0.1, -0.05) is 24.3 Å². The van der Waals surface area contributed by atoms with Crippen LogP contribution in [0, 0.1) is 0 Å². The summed E-state index contributed by atoms with van der Waals surface area (Å²) in [6.07, 6.45) is 8.29. The number of rotatable bonds is 3. The smallest absolute Gasteiger partial charge is 0.162 e. The highest BCUT2D eigenvalue weighted by molar-refractivity contribution is 5.76. The average Bonchev–Trinajstić information content (AvgIpc) is 3.24. The summed E-state index contributed by atoms with van der Waals surface area (Å²) in [6.45, 7) is 4.75. The number of hydrogen-bond donors (Lipinski definition) is 0. The third-order valence-corrected chi connectivity index (χ3v) is 4.67. The molecule has 0 spiro atoms. The van der Waals surface area contributed by atoms with Gasteiger partial charge in [0, 0.05) is 24.0 Å². The summed E-state index contributed by atoms with van der Waals surface area (Å²) < 4.78 is 1.82. The standard InChI is InChI=1S/C18H20N4/c1-14(21-10-2-3-11-21)15-5-7-16(8-6-15)17-13-20-22-12-4-9-19-18(17)22/h4-9,12-14H,2-3,10-11H2,1H3. The van der Waals surface area contributed by atoms with Crippen LogP contribution in [0.25, 0.3) is 16.8 Å². The summed E-state index contributed by atoms with van der Waals surface area (Å²) in [5, 5.41) is 4.36. The maximum absolute atomic E-state index is 4.43. The molecule has 0 amide bonds. The van der Waals surface area contributed by atoms with Gasteiger partial charge >= 0.3 is 0 Å². The fraction of sp³-hybridized carbons (Fsp3) is 0.333. The van der Waals surface area contributed by atoms with Crippen molar-refractivity contribution in [3.63, 3.8) is 0 Å². The molecule has 0 bridgehead atoms. The van der Waals surface area contributed by atoms with E-state index < -0.39 is 0 Å². The minimum atomic E-state index is 0.499. The van der Waals surface area contributed by atoms with Crippen molar-refractivity contribution in [3.8, 4) is 11.1 Å². The summed E-state index contributed by atoms with van der Waals surface area (Å²) in [7, 11) is 0. The van der Waals surface area contributed by atoms with E-state index in [2.05, 4.69) is 46.2 Å². The Hall–Kier alpha value is -2.20. The van der Waals surface area contributed by atoms with Crippen molar-refractivity contribution in [1.82, 2.24) is 19.5 Å². The lowest BCUT2D eigenvalue weighted by Crippen LogP contribution is -2.23. The Kier molecular flexibility index (Phi) is 3.39. The molecule has 1 unspecified atom stereocenters. The Balaban J connectivity index is 1.64. The molecule has 1 aliphatic heterocycles. The van der Waals surface area contributed by atoms with Gasteiger partial charge < -0.3 is 0 Å². The van der Waals surface area contributed by atoms with Gasteiger partial charge in [-0.25, -0.2) is 9.50 Å². The highest BCUT2D eigenvalue weighted by atomic mass is 15.2. The second kappa shape index (κ2) is 5.54. The molecule has 3 heterocycles. The molecule has 0 saturated carbocycles. The maximum atomic E-state index is 4.43. The van der Waals surface area contributed by atoms with Gasteiger partial charge in [-0.15, -0.1) is 0 Å². The minimum absolute atomic E-state index is 0.499. The van der Waals surface area contributed by atoms with Crippen molar-refractivity contribution < 1.29 is 0 Å². The molecular weight excluding hydrogens is 272 g/mol. The van der Waals surface area contributed by atoms with E-state index in [9.17, 15) is 0 Å². The third-order valence-electron chi connectivity index (χ3n) is 4.67. The zero-order valence-corrected chi connectivity index (χ0v) is 12.8. The van der Waals surface area contributed by atoms with Crippen LogP contribution in [-0.2, 0) is 0 Å². The zero-order valence-electron chi connectivity index (χ0n) is 12.8. The molecule has 1 saturated heterocycles. The molecule has 1 aromatic carbocycles. The number of hydrogen-bond acceptors (Lipinski definition) is 3. The molecule has 4 heteroatoms. The van der Waals surface area contributed by atoms with E-state index in [4.69, 9.17) is 0 Å². The van der Waals surface area contributed by atoms with E-state index in [1.54, 1.807) is 0 Å². The van der Waals surface area contributed by atoms with Gasteiger partial charge in [-0.2, -0.15) is 5.10 Å². The van der Waals surface area contributed by atoms with Crippen molar-refractivity contribution in [1.29, 1.82) is 0 Å². The first kappa shape index (κ1) is 13.5. The summed E-state index contributed by atoms with van der Waals surface area (Å²) in [6, 6.07) is 11.2. The molecule has 0 radical (unpaired) electrons. The number of benzene rings is 1. The summed E-state index contributed by atoms with van der Waals surface area (Å²) in [5.74, 6) is 0. The van der Waals surface area contributed by atoms with Crippen molar-refractivity contribution >= 4 is 5.65 Å². The summed E-state index contributed by atoms with van der Waals surface area (Å²) in [5.41, 5.74) is 4.55. The van der Waals surface area contributed by atoms with Crippen molar-refractivity contribution in [2.75, 3.05) is 13.1 Å². The van der Waals surface area contributed by atoms with Crippen LogP contribution < -0.4 is 0 Å². The predicted molar refractivity (Wildman–Crippen MR) is 87.6 cm³/mol. The number of fused-ring (bicyclic) bond motifs is 1. The molecule has 1 aliphatic rings. The lowest BCUT2D eigenvalue weighted by atomic mass is 10.0. The Bertz CT molecular complexity index is 769. The zero-order chi connectivity index (χ0) is 14.9. The van der Waals surface area contributed by atoms with Crippen LogP contribution in [0.15, 0.2) is 48.9 Å². The Morgan fingerprint density at radius 1 is 1.09 bits per heavy atom. The van der Waals surface area contributed by atoms with Gasteiger partial charge in [0.25, 0.3) is 0 Å². The molecule has 112 valence electrons. The Morgan fingerprint density at radius 3 is 2.64 bits per heavy atom. The molecule has 4 nitrogen and oxygen atoms in total. The minimum Gasteiger partial charge on any atom is -0.297 e. The number of nitrogens with zero attached hydrogens (tertiary/aromatic N) is 4. The van der Waals surface area contributed by atoms with Crippen LogP contribution in [0.4, 0.5) is 0 Å². The van der Waals surface area contributed by atoms with Gasteiger partial charge in [0.2, 0.25) is 0 Å². The lowest BCUT2D eigenvalue weighted by Gasteiger charge is -2.24. The third kappa shape index (κ3) is 2.29. The number of aromatic nitrogens is 3. The van der Waals surface area contributed by atoms with E-state index in [1.807, 2.05) is 29.2 Å². The fourth-order valence-electron chi connectivity index (χ4n) is 3.31.